The van der Waals surface area contributed by atoms with Gasteiger partial charge in [-0.25, -0.2) is 13.1 Å². The van der Waals surface area contributed by atoms with Gasteiger partial charge in [-0.3, -0.25) is 0 Å². The van der Waals surface area contributed by atoms with Crippen LogP contribution < -0.4 is 4.72 Å². The quantitative estimate of drug-likeness (QED) is 0.856. The average molecular weight is 311 g/mol. The Morgan fingerprint density at radius 1 is 1.38 bits per heavy atom. The molecule has 0 atom stereocenters. The summed E-state index contributed by atoms with van der Waals surface area (Å²) in [5.41, 5.74) is 0.831. The van der Waals surface area contributed by atoms with Crippen LogP contribution in [0.4, 0.5) is 0 Å². The average Bonchev–Trinajstić information content (AvgIpc) is 2.09. The summed E-state index contributed by atoms with van der Waals surface area (Å²) < 4.78 is 25.7. The second kappa shape index (κ2) is 4.39. The molecule has 1 aromatic carbocycles. The van der Waals surface area contributed by atoms with Crippen LogP contribution in [-0.2, 0) is 15.8 Å². The van der Waals surface area contributed by atoms with Crippen LogP contribution in [0.2, 0.25) is 0 Å². The van der Waals surface area contributed by atoms with Gasteiger partial charge < -0.3 is 0 Å². The molecule has 1 N–H and O–H groups in total. The summed E-state index contributed by atoms with van der Waals surface area (Å²) in [5.74, 6) is 0.0443. The lowest BCUT2D eigenvalue weighted by Crippen LogP contribution is -2.20. The first-order valence-electron chi connectivity index (χ1n) is 3.70. The highest BCUT2D eigenvalue weighted by molar-refractivity contribution is 14.1. The first-order valence-corrected chi connectivity index (χ1v) is 6.43. The van der Waals surface area contributed by atoms with Crippen LogP contribution in [0.5, 0.6) is 0 Å². The molecule has 0 aliphatic rings. The van der Waals surface area contributed by atoms with Gasteiger partial charge in [-0.05, 0) is 41.3 Å². The van der Waals surface area contributed by atoms with Crippen molar-refractivity contribution >= 4 is 32.6 Å². The van der Waals surface area contributed by atoms with Crippen molar-refractivity contribution in [2.45, 2.75) is 5.75 Å². The summed E-state index contributed by atoms with van der Waals surface area (Å²) >= 11 is 2.12. The zero-order valence-electron chi connectivity index (χ0n) is 7.12. The molecule has 0 aliphatic heterocycles. The van der Waals surface area contributed by atoms with E-state index in [4.69, 9.17) is 0 Å². The lowest BCUT2D eigenvalue weighted by atomic mass is 10.2. The maximum absolute atomic E-state index is 11.2. The summed E-state index contributed by atoms with van der Waals surface area (Å²) in [6.45, 7) is 0. The van der Waals surface area contributed by atoms with E-state index in [-0.39, 0.29) is 5.75 Å². The number of nitrogens with one attached hydrogen (secondary N) is 1. The van der Waals surface area contributed by atoms with E-state index in [0.717, 1.165) is 9.13 Å². The highest BCUT2D eigenvalue weighted by Gasteiger charge is 2.09. The second-order valence-corrected chi connectivity index (χ2v) is 5.64. The predicted molar refractivity (Wildman–Crippen MR) is 60.8 cm³/mol. The third-order valence-electron chi connectivity index (χ3n) is 1.61. The molecule has 13 heavy (non-hydrogen) atoms. The fraction of sp³-hybridized carbons (Fsp3) is 0.250. The van der Waals surface area contributed by atoms with Crippen LogP contribution in [-0.4, -0.2) is 15.5 Å². The number of sulfonamides is 1. The van der Waals surface area contributed by atoms with Crippen LogP contribution in [0.25, 0.3) is 0 Å². The summed E-state index contributed by atoms with van der Waals surface area (Å²) in [5, 5.41) is 0. The van der Waals surface area contributed by atoms with Crippen molar-refractivity contribution in [2.24, 2.45) is 0 Å². The Kier molecular flexibility index (Phi) is 3.69. The van der Waals surface area contributed by atoms with Gasteiger partial charge in [0.05, 0.1) is 5.75 Å². The van der Waals surface area contributed by atoms with E-state index in [2.05, 4.69) is 27.3 Å². The maximum atomic E-state index is 11.2. The third kappa shape index (κ3) is 3.24. The zero-order valence-corrected chi connectivity index (χ0v) is 10.1. The molecule has 5 heteroatoms. The molecule has 0 aromatic heterocycles. The first kappa shape index (κ1) is 10.9. The SMILES string of the molecule is CNS(=O)(=O)Cc1ccccc1I. The Bertz CT molecular complexity index is 389. The lowest BCUT2D eigenvalue weighted by molar-refractivity contribution is 0.587. The predicted octanol–water partition coefficient (Wildman–Crippen LogP) is 1.34. The summed E-state index contributed by atoms with van der Waals surface area (Å²) in [7, 11) is -1.73. The Hall–Kier alpha value is -0.140. The van der Waals surface area contributed by atoms with Gasteiger partial charge >= 0.3 is 0 Å². The van der Waals surface area contributed by atoms with E-state index < -0.39 is 10.0 Å². The van der Waals surface area contributed by atoms with Crippen molar-refractivity contribution in [3.05, 3.63) is 33.4 Å². The zero-order chi connectivity index (χ0) is 9.90. The van der Waals surface area contributed by atoms with E-state index in [1.807, 2.05) is 24.3 Å². The van der Waals surface area contributed by atoms with E-state index in [1.54, 1.807) is 0 Å². The molecule has 0 amide bonds. The number of hydrogen-bond acceptors (Lipinski definition) is 2. The molecule has 0 radical (unpaired) electrons. The van der Waals surface area contributed by atoms with Gasteiger partial charge in [0.25, 0.3) is 0 Å². The minimum Gasteiger partial charge on any atom is -0.218 e. The topological polar surface area (TPSA) is 46.2 Å². The molecule has 1 aromatic rings. The minimum atomic E-state index is -3.15. The molecule has 0 saturated heterocycles. The molecule has 72 valence electrons. The van der Waals surface area contributed by atoms with Gasteiger partial charge in [0, 0.05) is 3.57 Å². The van der Waals surface area contributed by atoms with Gasteiger partial charge in [-0.1, -0.05) is 18.2 Å². The van der Waals surface area contributed by atoms with Crippen molar-refractivity contribution in [1.82, 2.24) is 4.72 Å². The van der Waals surface area contributed by atoms with Crippen molar-refractivity contribution in [1.29, 1.82) is 0 Å². The van der Waals surface area contributed by atoms with Gasteiger partial charge in [-0.15, -0.1) is 0 Å². The fourth-order valence-electron chi connectivity index (χ4n) is 0.892. The number of benzene rings is 1. The highest BCUT2D eigenvalue weighted by atomic mass is 127. The molecule has 1 rings (SSSR count). The van der Waals surface area contributed by atoms with Crippen molar-refractivity contribution in [3.8, 4) is 0 Å². The Balaban J connectivity index is 2.93. The molecule has 0 unspecified atom stereocenters. The Labute approximate surface area is 91.7 Å². The van der Waals surface area contributed by atoms with Crippen molar-refractivity contribution in [2.75, 3.05) is 7.05 Å². The van der Waals surface area contributed by atoms with E-state index in [0.29, 0.717) is 0 Å². The van der Waals surface area contributed by atoms with Crippen LogP contribution >= 0.6 is 22.6 Å². The van der Waals surface area contributed by atoms with Crippen LogP contribution in [0, 0.1) is 3.57 Å². The third-order valence-corrected chi connectivity index (χ3v) is 3.98. The summed E-state index contributed by atoms with van der Waals surface area (Å²) in [6.07, 6.45) is 0. The van der Waals surface area contributed by atoms with E-state index >= 15 is 0 Å². The number of hydrogen-bond donors (Lipinski definition) is 1. The largest absolute Gasteiger partial charge is 0.218 e. The van der Waals surface area contributed by atoms with Gasteiger partial charge in [-0.2, -0.15) is 0 Å². The minimum absolute atomic E-state index is 0.0443. The maximum Gasteiger partial charge on any atom is 0.215 e. The molecule has 0 aliphatic carbocycles. The van der Waals surface area contributed by atoms with Gasteiger partial charge in [0.1, 0.15) is 0 Å². The molecule has 0 saturated carbocycles. The lowest BCUT2D eigenvalue weighted by Gasteiger charge is -2.04. The smallest absolute Gasteiger partial charge is 0.215 e. The van der Waals surface area contributed by atoms with Crippen LogP contribution in [0.3, 0.4) is 0 Å². The Morgan fingerprint density at radius 3 is 2.54 bits per heavy atom. The van der Waals surface area contributed by atoms with Crippen LogP contribution in [0.15, 0.2) is 24.3 Å². The standard InChI is InChI=1S/C8H10INO2S/c1-10-13(11,12)6-7-4-2-3-5-8(7)9/h2-5,10H,6H2,1H3. The van der Waals surface area contributed by atoms with Gasteiger partial charge in [0.2, 0.25) is 10.0 Å². The summed E-state index contributed by atoms with van der Waals surface area (Å²) in [4.78, 5) is 0. The number of halogens is 1. The van der Waals surface area contributed by atoms with E-state index in [1.165, 1.54) is 7.05 Å². The van der Waals surface area contributed by atoms with Crippen molar-refractivity contribution in [3.63, 3.8) is 0 Å². The molecular formula is C8H10INO2S. The molecular weight excluding hydrogens is 301 g/mol. The van der Waals surface area contributed by atoms with Crippen molar-refractivity contribution < 1.29 is 8.42 Å². The number of rotatable bonds is 3. The fourth-order valence-corrected chi connectivity index (χ4v) is 2.53. The summed E-state index contributed by atoms with van der Waals surface area (Å²) in [6, 6.07) is 7.43. The van der Waals surface area contributed by atoms with E-state index in [9.17, 15) is 8.42 Å². The second-order valence-electron chi connectivity index (χ2n) is 2.55. The molecule has 0 fully saturated rings. The molecule has 0 spiro atoms. The van der Waals surface area contributed by atoms with Crippen LogP contribution in [0.1, 0.15) is 5.56 Å². The van der Waals surface area contributed by atoms with Gasteiger partial charge in [0.15, 0.2) is 0 Å². The normalized spacial score (nSPS) is 11.5. The molecule has 0 bridgehead atoms. The monoisotopic (exact) mass is 311 g/mol. The molecule has 3 nitrogen and oxygen atoms in total. The highest BCUT2D eigenvalue weighted by Crippen LogP contribution is 2.13. The Morgan fingerprint density at radius 2 is 2.00 bits per heavy atom. The first-order chi connectivity index (χ1) is 6.05. The molecule has 0 heterocycles.